The fraction of sp³-hybridized carbons (Fsp3) is 0.600. The Kier molecular flexibility index (Phi) is 4.47. The third kappa shape index (κ3) is 3.27. The molecule has 1 aliphatic carbocycles. The summed E-state index contributed by atoms with van der Waals surface area (Å²) in [6.07, 6.45) is 10.3. The average Bonchev–Trinajstić information content (AvgIpc) is 3.10. The maximum absolute atomic E-state index is 5.19. The zero-order valence-corrected chi connectivity index (χ0v) is 12.7. The molecule has 3 rings (SSSR count). The molecule has 1 aliphatic rings. The highest BCUT2D eigenvalue weighted by molar-refractivity contribution is 7.11. The predicted octanol–water partition coefficient (Wildman–Crippen LogP) is 3.78. The first-order chi connectivity index (χ1) is 9.83. The molecule has 0 bridgehead atoms. The topological polar surface area (TPSA) is 51.0 Å². The van der Waals surface area contributed by atoms with E-state index in [1.807, 2.05) is 24.5 Å². The Morgan fingerprint density at radius 2 is 2.10 bits per heavy atom. The van der Waals surface area contributed by atoms with Crippen LogP contribution in [0.4, 0.5) is 0 Å². The van der Waals surface area contributed by atoms with E-state index in [0.717, 1.165) is 24.5 Å². The molecule has 0 amide bonds. The van der Waals surface area contributed by atoms with Gasteiger partial charge in [-0.1, -0.05) is 19.3 Å². The lowest BCUT2D eigenvalue weighted by molar-refractivity contribution is 0.442. The lowest BCUT2D eigenvalue weighted by atomic mass is 9.90. The number of nitrogens with one attached hydrogen (secondary N) is 1. The quantitative estimate of drug-likeness (QED) is 0.911. The maximum atomic E-state index is 5.19. The summed E-state index contributed by atoms with van der Waals surface area (Å²) in [5.41, 5.74) is 0.988. The Morgan fingerprint density at radius 3 is 2.85 bits per heavy atom. The second kappa shape index (κ2) is 6.50. The molecule has 108 valence electrons. The molecule has 0 spiro atoms. The standard InChI is InChI=1S/C15H21N3OS/c1-11-14(18-10-19-11)9-16-7-13-8-17-15(20-13)12-5-3-2-4-6-12/h8,10,12,16H,2-7,9H2,1H3. The van der Waals surface area contributed by atoms with Gasteiger partial charge in [0.05, 0.1) is 10.7 Å². The van der Waals surface area contributed by atoms with Gasteiger partial charge >= 0.3 is 0 Å². The van der Waals surface area contributed by atoms with Crippen LogP contribution in [-0.2, 0) is 13.1 Å². The van der Waals surface area contributed by atoms with Gasteiger partial charge in [0.25, 0.3) is 0 Å². The number of hydrogen-bond donors (Lipinski definition) is 1. The van der Waals surface area contributed by atoms with E-state index >= 15 is 0 Å². The first-order valence-corrected chi connectivity index (χ1v) is 8.19. The lowest BCUT2D eigenvalue weighted by Gasteiger charge is -2.18. The molecule has 2 aromatic heterocycles. The van der Waals surface area contributed by atoms with E-state index in [1.54, 1.807) is 0 Å². The van der Waals surface area contributed by atoms with Crippen LogP contribution in [-0.4, -0.2) is 9.97 Å². The van der Waals surface area contributed by atoms with Crippen LogP contribution in [0.15, 0.2) is 17.0 Å². The van der Waals surface area contributed by atoms with Crippen LogP contribution in [0.5, 0.6) is 0 Å². The Balaban J connectivity index is 1.51. The fourth-order valence-corrected chi connectivity index (χ4v) is 3.80. The van der Waals surface area contributed by atoms with E-state index in [-0.39, 0.29) is 0 Å². The molecule has 4 nitrogen and oxygen atoms in total. The van der Waals surface area contributed by atoms with Gasteiger partial charge in [0.15, 0.2) is 6.39 Å². The van der Waals surface area contributed by atoms with E-state index in [4.69, 9.17) is 4.42 Å². The first-order valence-electron chi connectivity index (χ1n) is 7.37. The van der Waals surface area contributed by atoms with E-state index in [2.05, 4.69) is 15.3 Å². The van der Waals surface area contributed by atoms with E-state index in [9.17, 15) is 0 Å². The maximum Gasteiger partial charge on any atom is 0.181 e. The normalized spacial score (nSPS) is 16.6. The molecule has 1 saturated carbocycles. The molecule has 20 heavy (non-hydrogen) atoms. The van der Waals surface area contributed by atoms with Crippen molar-refractivity contribution in [3.8, 4) is 0 Å². The molecule has 2 heterocycles. The Morgan fingerprint density at radius 1 is 1.25 bits per heavy atom. The molecular formula is C15H21N3OS. The van der Waals surface area contributed by atoms with E-state index in [1.165, 1.54) is 48.4 Å². The summed E-state index contributed by atoms with van der Waals surface area (Å²) in [7, 11) is 0. The minimum Gasteiger partial charge on any atom is -0.448 e. The second-order valence-electron chi connectivity index (χ2n) is 5.46. The summed E-state index contributed by atoms with van der Waals surface area (Å²) in [4.78, 5) is 10.1. The van der Waals surface area contributed by atoms with Crippen molar-refractivity contribution in [1.29, 1.82) is 0 Å². The van der Waals surface area contributed by atoms with Crippen LogP contribution in [0, 0.1) is 6.92 Å². The highest BCUT2D eigenvalue weighted by Gasteiger charge is 2.18. The summed E-state index contributed by atoms with van der Waals surface area (Å²) >= 11 is 1.86. The molecule has 0 saturated heterocycles. The molecule has 0 unspecified atom stereocenters. The number of aromatic nitrogens is 2. The molecule has 0 radical (unpaired) electrons. The minimum atomic E-state index is 0.709. The van der Waals surface area contributed by atoms with Gasteiger partial charge in [-0.05, 0) is 19.8 Å². The van der Waals surface area contributed by atoms with Gasteiger partial charge in [0.2, 0.25) is 0 Å². The van der Waals surface area contributed by atoms with Crippen molar-refractivity contribution in [2.24, 2.45) is 0 Å². The highest BCUT2D eigenvalue weighted by atomic mass is 32.1. The Hall–Kier alpha value is -1.20. The molecule has 1 fully saturated rings. The summed E-state index contributed by atoms with van der Waals surface area (Å²) in [6.45, 7) is 3.55. The number of oxazole rings is 1. The van der Waals surface area contributed by atoms with Gasteiger partial charge in [-0.25, -0.2) is 9.97 Å². The Labute approximate surface area is 123 Å². The number of rotatable bonds is 5. The van der Waals surface area contributed by atoms with Crippen molar-refractivity contribution in [2.75, 3.05) is 0 Å². The second-order valence-corrected chi connectivity index (χ2v) is 6.61. The van der Waals surface area contributed by atoms with Gasteiger partial charge in [-0.3, -0.25) is 0 Å². The number of aryl methyl sites for hydroxylation is 1. The zero-order valence-electron chi connectivity index (χ0n) is 11.9. The molecule has 2 aromatic rings. The molecule has 0 atom stereocenters. The third-order valence-electron chi connectivity index (χ3n) is 3.96. The van der Waals surface area contributed by atoms with Crippen LogP contribution in [0.25, 0.3) is 0 Å². The highest BCUT2D eigenvalue weighted by Crippen LogP contribution is 2.34. The number of thiazole rings is 1. The van der Waals surface area contributed by atoms with Crippen LogP contribution in [0.3, 0.4) is 0 Å². The minimum absolute atomic E-state index is 0.709. The molecule has 0 aliphatic heterocycles. The number of hydrogen-bond acceptors (Lipinski definition) is 5. The number of nitrogens with zero attached hydrogens (tertiary/aromatic N) is 2. The fourth-order valence-electron chi connectivity index (χ4n) is 2.74. The Bertz CT molecular complexity index is 543. The van der Waals surface area contributed by atoms with E-state index in [0.29, 0.717) is 5.92 Å². The van der Waals surface area contributed by atoms with Crippen LogP contribution in [0.1, 0.15) is 59.4 Å². The van der Waals surface area contributed by atoms with Crippen molar-refractivity contribution in [2.45, 2.75) is 58.0 Å². The van der Waals surface area contributed by atoms with E-state index < -0.39 is 0 Å². The van der Waals surface area contributed by atoms with Crippen LogP contribution >= 0.6 is 11.3 Å². The zero-order chi connectivity index (χ0) is 13.8. The molecular weight excluding hydrogens is 270 g/mol. The van der Waals surface area contributed by atoms with Gasteiger partial charge < -0.3 is 9.73 Å². The summed E-state index contributed by atoms with van der Waals surface area (Å²) in [5, 5.41) is 4.74. The molecule has 0 aromatic carbocycles. The third-order valence-corrected chi connectivity index (χ3v) is 5.12. The average molecular weight is 291 g/mol. The van der Waals surface area contributed by atoms with Gasteiger partial charge in [0, 0.05) is 30.1 Å². The van der Waals surface area contributed by atoms with Crippen molar-refractivity contribution >= 4 is 11.3 Å². The smallest absolute Gasteiger partial charge is 0.181 e. The van der Waals surface area contributed by atoms with Gasteiger partial charge in [-0.2, -0.15) is 0 Å². The monoisotopic (exact) mass is 291 g/mol. The van der Waals surface area contributed by atoms with Crippen LogP contribution in [0.2, 0.25) is 0 Å². The van der Waals surface area contributed by atoms with Crippen molar-refractivity contribution in [3.05, 3.63) is 33.9 Å². The van der Waals surface area contributed by atoms with Crippen molar-refractivity contribution < 1.29 is 4.42 Å². The molecule has 1 N–H and O–H groups in total. The van der Waals surface area contributed by atoms with Crippen molar-refractivity contribution in [3.63, 3.8) is 0 Å². The summed E-state index contributed by atoms with van der Waals surface area (Å²) < 4.78 is 5.19. The van der Waals surface area contributed by atoms with Crippen molar-refractivity contribution in [1.82, 2.24) is 15.3 Å². The largest absolute Gasteiger partial charge is 0.448 e. The van der Waals surface area contributed by atoms with Crippen LogP contribution < -0.4 is 5.32 Å². The first kappa shape index (κ1) is 13.8. The predicted molar refractivity (Wildman–Crippen MR) is 79.7 cm³/mol. The SMILES string of the molecule is Cc1ocnc1CNCc1cnc(C2CCCCC2)s1. The van der Waals surface area contributed by atoms with Gasteiger partial charge in [0.1, 0.15) is 5.76 Å². The lowest BCUT2D eigenvalue weighted by Crippen LogP contribution is -2.12. The summed E-state index contributed by atoms with van der Waals surface area (Å²) in [5.74, 6) is 1.60. The van der Waals surface area contributed by atoms with Gasteiger partial charge in [-0.15, -0.1) is 11.3 Å². The summed E-state index contributed by atoms with van der Waals surface area (Å²) in [6, 6.07) is 0. The molecule has 5 heteroatoms.